The topological polar surface area (TPSA) is 75.1 Å². The number of nitrogens with zero attached hydrogens (tertiary/aromatic N) is 3. The summed E-state index contributed by atoms with van der Waals surface area (Å²) in [6.07, 6.45) is 0. The molecule has 0 aromatic heterocycles. The number of carbonyl (C=O) groups excluding carboxylic acids is 1. The van der Waals surface area contributed by atoms with Gasteiger partial charge in [0.25, 0.3) is 5.24 Å². The Morgan fingerprint density at radius 1 is 1.64 bits per heavy atom. The summed E-state index contributed by atoms with van der Waals surface area (Å²) < 4.78 is 4.90. The molecule has 0 aliphatic heterocycles. The predicted octanol–water partition coefficient (Wildman–Crippen LogP) is 3.02. The zero-order chi connectivity index (χ0) is 10.6. The molecule has 0 bridgehead atoms. The number of carbonyl (C=O) groups is 1. The summed E-state index contributed by atoms with van der Waals surface area (Å²) in [5.74, 6) is 0.495. The lowest BCUT2D eigenvalue weighted by atomic mass is 10.2. The van der Waals surface area contributed by atoms with Gasteiger partial charge in [0.1, 0.15) is 5.75 Å². The van der Waals surface area contributed by atoms with Crippen LogP contribution in [0.3, 0.4) is 0 Å². The van der Waals surface area contributed by atoms with Gasteiger partial charge in [-0.1, -0.05) is 5.11 Å². The van der Waals surface area contributed by atoms with E-state index in [9.17, 15) is 4.79 Å². The van der Waals surface area contributed by atoms with Crippen LogP contribution in [0.25, 0.3) is 10.4 Å². The van der Waals surface area contributed by atoms with Gasteiger partial charge in [-0.3, -0.25) is 4.79 Å². The molecule has 0 N–H and O–H groups in total. The molecule has 0 saturated carbocycles. The van der Waals surface area contributed by atoms with E-state index in [1.165, 1.54) is 19.2 Å². The van der Waals surface area contributed by atoms with Gasteiger partial charge in [0.05, 0.1) is 12.8 Å². The fraction of sp³-hybridized carbons (Fsp3) is 0.125. The first-order chi connectivity index (χ1) is 6.69. The molecule has 0 atom stereocenters. The largest absolute Gasteiger partial charge is 0.497 e. The Morgan fingerprint density at radius 3 is 2.86 bits per heavy atom. The normalized spacial score (nSPS) is 9.00. The molecule has 14 heavy (non-hydrogen) atoms. The summed E-state index contributed by atoms with van der Waals surface area (Å²) in [6.45, 7) is 0. The number of hydrogen-bond donors (Lipinski definition) is 0. The Morgan fingerprint density at radius 2 is 2.36 bits per heavy atom. The molecule has 0 radical (unpaired) electrons. The molecule has 0 spiro atoms. The number of methoxy groups -OCH3 is 1. The van der Waals surface area contributed by atoms with Crippen LogP contribution >= 0.6 is 11.6 Å². The van der Waals surface area contributed by atoms with E-state index in [1.807, 2.05) is 0 Å². The smallest absolute Gasteiger partial charge is 0.252 e. The minimum Gasteiger partial charge on any atom is -0.497 e. The second-order valence-corrected chi connectivity index (χ2v) is 2.69. The van der Waals surface area contributed by atoms with Crippen LogP contribution in [0.1, 0.15) is 10.4 Å². The number of halogens is 1. The van der Waals surface area contributed by atoms with E-state index < -0.39 is 5.24 Å². The van der Waals surface area contributed by atoms with Crippen molar-refractivity contribution in [2.45, 2.75) is 0 Å². The Balaban J connectivity index is 3.30. The molecule has 0 unspecified atom stereocenters. The molecule has 0 aliphatic rings. The zero-order valence-corrected chi connectivity index (χ0v) is 8.02. The fourth-order valence-electron chi connectivity index (χ4n) is 0.936. The highest BCUT2D eigenvalue weighted by atomic mass is 35.5. The van der Waals surface area contributed by atoms with Crippen LogP contribution < -0.4 is 4.74 Å². The molecule has 5 nitrogen and oxygen atoms in total. The lowest BCUT2D eigenvalue weighted by Crippen LogP contribution is -1.90. The maximum atomic E-state index is 10.9. The van der Waals surface area contributed by atoms with Gasteiger partial charge < -0.3 is 4.74 Å². The van der Waals surface area contributed by atoms with Gasteiger partial charge in [-0.2, -0.15) is 0 Å². The fourth-order valence-corrected chi connectivity index (χ4v) is 1.10. The minimum absolute atomic E-state index is 0.158. The second-order valence-electron chi connectivity index (χ2n) is 2.35. The maximum absolute atomic E-state index is 10.9. The van der Waals surface area contributed by atoms with Crippen molar-refractivity contribution in [1.82, 2.24) is 0 Å². The molecule has 0 saturated heterocycles. The molecule has 1 aromatic carbocycles. The molecular weight excluding hydrogens is 206 g/mol. The standard InChI is InChI=1S/C8H6ClN3O2/c1-14-5-2-3-6(8(9)13)7(4-5)11-12-10/h2-4H,1H3. The van der Waals surface area contributed by atoms with E-state index in [0.717, 1.165) is 0 Å². The Labute approximate surface area is 84.9 Å². The van der Waals surface area contributed by atoms with Crippen molar-refractivity contribution < 1.29 is 9.53 Å². The van der Waals surface area contributed by atoms with Crippen LogP contribution in [0.4, 0.5) is 5.69 Å². The van der Waals surface area contributed by atoms with Crippen molar-refractivity contribution in [3.05, 3.63) is 34.2 Å². The van der Waals surface area contributed by atoms with Gasteiger partial charge >= 0.3 is 0 Å². The quantitative estimate of drug-likeness (QED) is 0.334. The third-order valence-corrected chi connectivity index (χ3v) is 1.77. The first-order valence-corrected chi connectivity index (χ1v) is 4.00. The van der Waals surface area contributed by atoms with Crippen molar-refractivity contribution in [2.24, 2.45) is 5.11 Å². The monoisotopic (exact) mass is 211 g/mol. The molecule has 6 heteroatoms. The third-order valence-electron chi connectivity index (χ3n) is 1.57. The van der Waals surface area contributed by atoms with Crippen molar-refractivity contribution in [2.75, 3.05) is 7.11 Å². The first kappa shape index (κ1) is 10.4. The number of rotatable bonds is 3. The summed E-state index contributed by atoms with van der Waals surface area (Å²) in [7, 11) is 1.47. The van der Waals surface area contributed by atoms with E-state index >= 15 is 0 Å². The summed E-state index contributed by atoms with van der Waals surface area (Å²) in [5.41, 5.74) is 8.57. The SMILES string of the molecule is COc1ccc(C(=O)Cl)c(N=[N+]=[N-])c1. The van der Waals surface area contributed by atoms with Crippen LogP contribution in [-0.4, -0.2) is 12.4 Å². The van der Waals surface area contributed by atoms with E-state index in [4.69, 9.17) is 21.9 Å². The number of hydrogen-bond acceptors (Lipinski definition) is 3. The van der Waals surface area contributed by atoms with Crippen molar-refractivity contribution in [3.8, 4) is 5.75 Å². The average molecular weight is 212 g/mol. The van der Waals surface area contributed by atoms with Gasteiger partial charge in [-0.15, -0.1) is 0 Å². The zero-order valence-electron chi connectivity index (χ0n) is 7.27. The minimum atomic E-state index is -0.671. The van der Waals surface area contributed by atoms with E-state index in [-0.39, 0.29) is 11.3 Å². The van der Waals surface area contributed by atoms with Crippen LogP contribution in [-0.2, 0) is 0 Å². The van der Waals surface area contributed by atoms with E-state index in [1.54, 1.807) is 6.07 Å². The third kappa shape index (κ3) is 2.16. The molecule has 0 fully saturated rings. The Hall–Kier alpha value is -1.71. The number of azide groups is 1. The van der Waals surface area contributed by atoms with Gasteiger partial charge in [0, 0.05) is 10.5 Å². The van der Waals surface area contributed by atoms with Crippen molar-refractivity contribution in [3.63, 3.8) is 0 Å². The number of ether oxygens (including phenoxy) is 1. The highest BCUT2D eigenvalue weighted by Crippen LogP contribution is 2.26. The molecule has 72 valence electrons. The molecule has 0 amide bonds. The van der Waals surface area contributed by atoms with E-state index in [0.29, 0.717) is 5.75 Å². The predicted molar refractivity (Wildman–Crippen MR) is 52.0 cm³/mol. The lowest BCUT2D eigenvalue weighted by Gasteiger charge is -2.03. The average Bonchev–Trinajstić information content (AvgIpc) is 2.17. The molecule has 1 rings (SSSR count). The van der Waals surface area contributed by atoms with Crippen LogP contribution in [0.15, 0.2) is 23.3 Å². The maximum Gasteiger partial charge on any atom is 0.252 e. The molecule has 0 heterocycles. The molecule has 1 aromatic rings. The van der Waals surface area contributed by atoms with Gasteiger partial charge in [0.2, 0.25) is 0 Å². The van der Waals surface area contributed by atoms with Crippen molar-refractivity contribution in [1.29, 1.82) is 0 Å². The second kappa shape index (κ2) is 4.50. The summed E-state index contributed by atoms with van der Waals surface area (Å²) in [5, 5.41) is 2.66. The van der Waals surface area contributed by atoms with Crippen molar-refractivity contribution >= 4 is 22.5 Å². The van der Waals surface area contributed by atoms with Gasteiger partial charge in [-0.25, -0.2) is 0 Å². The highest BCUT2D eigenvalue weighted by Gasteiger charge is 2.08. The molecular formula is C8H6ClN3O2. The van der Waals surface area contributed by atoms with Gasteiger partial charge in [-0.05, 0) is 35.3 Å². The van der Waals surface area contributed by atoms with Crippen LogP contribution in [0.5, 0.6) is 5.75 Å². The lowest BCUT2D eigenvalue weighted by molar-refractivity contribution is 0.108. The first-order valence-electron chi connectivity index (χ1n) is 3.62. The summed E-state index contributed by atoms with van der Waals surface area (Å²) in [6, 6.07) is 4.44. The molecule has 0 aliphatic carbocycles. The van der Waals surface area contributed by atoms with Crippen LogP contribution in [0.2, 0.25) is 0 Å². The Bertz CT molecular complexity index is 413. The number of benzene rings is 1. The summed E-state index contributed by atoms with van der Waals surface area (Å²) >= 11 is 5.28. The van der Waals surface area contributed by atoms with Gasteiger partial charge in [0.15, 0.2) is 0 Å². The van der Waals surface area contributed by atoms with E-state index in [2.05, 4.69) is 10.0 Å². The Kier molecular flexibility index (Phi) is 3.34. The summed E-state index contributed by atoms with van der Waals surface area (Å²) in [4.78, 5) is 13.5. The highest BCUT2D eigenvalue weighted by molar-refractivity contribution is 6.68. The van der Waals surface area contributed by atoms with Crippen LogP contribution in [0, 0.1) is 0 Å².